The van der Waals surface area contributed by atoms with E-state index in [0.29, 0.717) is 30.9 Å². The summed E-state index contributed by atoms with van der Waals surface area (Å²) in [6, 6.07) is 5.12. The van der Waals surface area contributed by atoms with Crippen molar-refractivity contribution >= 4 is 23.3 Å². The molecule has 3 amide bonds. The smallest absolute Gasteiger partial charge is 0.319 e. The van der Waals surface area contributed by atoms with Crippen LogP contribution in [0.25, 0.3) is 0 Å². The molecule has 1 aromatic rings. The zero-order valence-corrected chi connectivity index (χ0v) is 16.0. The molecule has 7 heteroatoms. The summed E-state index contributed by atoms with van der Waals surface area (Å²) in [5.41, 5.74) is 1.96. The molecule has 140 valence electrons. The third kappa shape index (κ3) is 8.00. The van der Waals surface area contributed by atoms with Gasteiger partial charge in [-0.3, -0.25) is 4.79 Å². The van der Waals surface area contributed by atoms with Crippen LogP contribution in [0.1, 0.15) is 25.8 Å². The SMILES string of the molecule is COC(C)(C)CCNC(=O)Nc1ccc(C)c(NC(=O)CN(C)C)c1. The van der Waals surface area contributed by atoms with E-state index in [4.69, 9.17) is 4.74 Å². The summed E-state index contributed by atoms with van der Waals surface area (Å²) in [7, 11) is 5.32. The van der Waals surface area contributed by atoms with Gasteiger partial charge < -0.3 is 25.6 Å². The lowest BCUT2D eigenvalue weighted by Crippen LogP contribution is -2.34. The number of carbonyl (C=O) groups is 2. The van der Waals surface area contributed by atoms with E-state index in [2.05, 4.69) is 16.0 Å². The van der Waals surface area contributed by atoms with Crippen LogP contribution in [0.15, 0.2) is 18.2 Å². The molecule has 0 atom stereocenters. The number of rotatable bonds is 8. The molecular formula is C18H30N4O3. The number of hydrogen-bond acceptors (Lipinski definition) is 4. The summed E-state index contributed by atoms with van der Waals surface area (Å²) in [5, 5.41) is 8.43. The summed E-state index contributed by atoms with van der Waals surface area (Å²) in [6.07, 6.45) is 0.705. The Morgan fingerprint density at radius 3 is 2.48 bits per heavy atom. The van der Waals surface area contributed by atoms with E-state index >= 15 is 0 Å². The monoisotopic (exact) mass is 350 g/mol. The van der Waals surface area contributed by atoms with Gasteiger partial charge in [0, 0.05) is 25.0 Å². The second-order valence-electron chi connectivity index (χ2n) is 6.91. The van der Waals surface area contributed by atoms with Crippen LogP contribution in [0.2, 0.25) is 0 Å². The van der Waals surface area contributed by atoms with Crippen LogP contribution < -0.4 is 16.0 Å². The van der Waals surface area contributed by atoms with E-state index in [1.807, 2.05) is 40.9 Å². The van der Waals surface area contributed by atoms with Crippen LogP contribution in [0.5, 0.6) is 0 Å². The van der Waals surface area contributed by atoms with E-state index in [1.54, 1.807) is 24.1 Å². The Morgan fingerprint density at radius 2 is 1.88 bits per heavy atom. The molecule has 0 fully saturated rings. The van der Waals surface area contributed by atoms with Gasteiger partial charge in [-0.05, 0) is 59.0 Å². The van der Waals surface area contributed by atoms with Gasteiger partial charge in [-0.1, -0.05) is 6.07 Å². The number of likely N-dealkylation sites (N-methyl/N-ethyl adjacent to an activating group) is 1. The molecule has 7 nitrogen and oxygen atoms in total. The molecular weight excluding hydrogens is 320 g/mol. The van der Waals surface area contributed by atoms with Crippen molar-refractivity contribution in [3.05, 3.63) is 23.8 Å². The molecule has 0 spiro atoms. The van der Waals surface area contributed by atoms with Crippen LogP contribution in [0.4, 0.5) is 16.2 Å². The first-order valence-corrected chi connectivity index (χ1v) is 8.28. The molecule has 0 aromatic heterocycles. The predicted octanol–water partition coefficient (Wildman–Crippen LogP) is 2.43. The number of aryl methyl sites for hydroxylation is 1. The Hall–Kier alpha value is -2.12. The number of carbonyl (C=O) groups excluding carboxylic acids is 2. The van der Waals surface area contributed by atoms with Crippen molar-refractivity contribution in [2.75, 3.05) is 44.9 Å². The number of ether oxygens (including phenoxy) is 1. The van der Waals surface area contributed by atoms with Crippen LogP contribution in [0.3, 0.4) is 0 Å². The maximum atomic E-state index is 12.0. The Morgan fingerprint density at radius 1 is 1.20 bits per heavy atom. The number of amides is 3. The second-order valence-corrected chi connectivity index (χ2v) is 6.91. The Bertz CT molecular complexity index is 600. The van der Waals surface area contributed by atoms with Crippen molar-refractivity contribution in [1.82, 2.24) is 10.2 Å². The van der Waals surface area contributed by atoms with Gasteiger partial charge in [0.15, 0.2) is 0 Å². The highest BCUT2D eigenvalue weighted by molar-refractivity contribution is 5.95. The van der Waals surface area contributed by atoms with E-state index < -0.39 is 0 Å². The molecule has 0 saturated heterocycles. The minimum Gasteiger partial charge on any atom is -0.379 e. The lowest BCUT2D eigenvalue weighted by Gasteiger charge is -2.22. The predicted molar refractivity (Wildman–Crippen MR) is 101 cm³/mol. The highest BCUT2D eigenvalue weighted by Gasteiger charge is 2.16. The molecule has 0 aliphatic carbocycles. The molecule has 25 heavy (non-hydrogen) atoms. The number of nitrogens with one attached hydrogen (secondary N) is 3. The van der Waals surface area contributed by atoms with Crippen molar-refractivity contribution < 1.29 is 14.3 Å². The van der Waals surface area contributed by atoms with Gasteiger partial charge in [0.05, 0.1) is 12.1 Å². The summed E-state index contributed by atoms with van der Waals surface area (Å²) in [5.74, 6) is -0.100. The van der Waals surface area contributed by atoms with E-state index in [1.165, 1.54) is 0 Å². The minimum atomic E-state index is -0.290. The number of nitrogens with zero attached hydrogens (tertiary/aromatic N) is 1. The second kappa shape index (κ2) is 9.39. The number of methoxy groups -OCH3 is 1. The summed E-state index contributed by atoms with van der Waals surface area (Å²) >= 11 is 0. The fourth-order valence-corrected chi connectivity index (χ4v) is 2.07. The van der Waals surface area contributed by atoms with Crippen molar-refractivity contribution in [1.29, 1.82) is 0 Å². The first-order valence-electron chi connectivity index (χ1n) is 8.28. The zero-order valence-electron chi connectivity index (χ0n) is 16.0. The fraction of sp³-hybridized carbons (Fsp3) is 0.556. The maximum absolute atomic E-state index is 12.0. The quantitative estimate of drug-likeness (QED) is 0.672. The largest absolute Gasteiger partial charge is 0.379 e. The molecule has 0 aliphatic rings. The van der Waals surface area contributed by atoms with Crippen LogP contribution in [-0.4, -0.2) is 56.7 Å². The standard InChI is InChI=1S/C18H30N4O3/c1-13-7-8-14(11-15(13)21-16(23)12-22(4)5)20-17(24)19-10-9-18(2,3)25-6/h7-8,11H,9-10,12H2,1-6H3,(H,21,23)(H2,19,20,24). The fourth-order valence-electron chi connectivity index (χ4n) is 2.07. The van der Waals surface area contributed by atoms with Gasteiger partial charge in [0.25, 0.3) is 0 Å². The average molecular weight is 350 g/mol. The number of anilines is 2. The Labute approximate surface area is 150 Å². The minimum absolute atomic E-state index is 0.100. The normalized spacial score (nSPS) is 11.3. The molecule has 1 aromatic carbocycles. The topological polar surface area (TPSA) is 82.7 Å². The Balaban J connectivity index is 2.60. The van der Waals surface area contributed by atoms with Gasteiger partial charge in [-0.25, -0.2) is 4.79 Å². The number of urea groups is 1. The van der Waals surface area contributed by atoms with Gasteiger partial charge in [-0.15, -0.1) is 0 Å². The lowest BCUT2D eigenvalue weighted by atomic mass is 10.1. The van der Waals surface area contributed by atoms with Crippen molar-refractivity contribution in [3.8, 4) is 0 Å². The Kier molecular flexibility index (Phi) is 7.86. The van der Waals surface area contributed by atoms with Gasteiger partial charge in [0.2, 0.25) is 5.91 Å². The van der Waals surface area contributed by atoms with Crippen molar-refractivity contribution in [2.45, 2.75) is 32.8 Å². The average Bonchev–Trinajstić information content (AvgIpc) is 2.49. The molecule has 0 aliphatic heterocycles. The van der Waals surface area contributed by atoms with E-state index in [-0.39, 0.29) is 17.5 Å². The van der Waals surface area contributed by atoms with Gasteiger partial charge >= 0.3 is 6.03 Å². The molecule has 0 bridgehead atoms. The molecule has 0 radical (unpaired) electrons. The molecule has 3 N–H and O–H groups in total. The van der Waals surface area contributed by atoms with Crippen LogP contribution in [-0.2, 0) is 9.53 Å². The highest BCUT2D eigenvalue weighted by Crippen LogP contribution is 2.20. The van der Waals surface area contributed by atoms with Gasteiger partial charge in [0.1, 0.15) is 0 Å². The summed E-state index contributed by atoms with van der Waals surface area (Å²) < 4.78 is 5.32. The van der Waals surface area contributed by atoms with E-state index in [9.17, 15) is 9.59 Å². The summed E-state index contributed by atoms with van der Waals surface area (Å²) in [6.45, 7) is 6.64. The van der Waals surface area contributed by atoms with E-state index in [0.717, 1.165) is 5.56 Å². The van der Waals surface area contributed by atoms with Crippen molar-refractivity contribution in [3.63, 3.8) is 0 Å². The van der Waals surface area contributed by atoms with Crippen LogP contribution in [0, 0.1) is 6.92 Å². The summed E-state index contributed by atoms with van der Waals surface area (Å²) in [4.78, 5) is 25.7. The van der Waals surface area contributed by atoms with Gasteiger partial charge in [-0.2, -0.15) is 0 Å². The molecule has 0 heterocycles. The molecule has 0 unspecified atom stereocenters. The van der Waals surface area contributed by atoms with Crippen molar-refractivity contribution in [2.24, 2.45) is 0 Å². The number of hydrogen-bond donors (Lipinski definition) is 3. The molecule has 0 saturated carbocycles. The highest BCUT2D eigenvalue weighted by atomic mass is 16.5. The lowest BCUT2D eigenvalue weighted by molar-refractivity contribution is -0.116. The number of benzene rings is 1. The van der Waals surface area contributed by atoms with Crippen LogP contribution >= 0.6 is 0 Å². The third-order valence-electron chi connectivity index (χ3n) is 3.79. The first kappa shape index (κ1) is 20.9. The maximum Gasteiger partial charge on any atom is 0.319 e. The third-order valence-corrected chi connectivity index (χ3v) is 3.79. The zero-order chi connectivity index (χ0) is 19.0. The first-order chi connectivity index (χ1) is 11.6. The molecule has 1 rings (SSSR count).